The number of para-hydroxylation sites is 1. The normalized spacial score (nSPS) is 22.2. The van der Waals surface area contributed by atoms with E-state index in [1.807, 2.05) is 18.2 Å². The molecule has 1 aromatic carbocycles. The van der Waals surface area contributed by atoms with Crippen molar-refractivity contribution in [2.45, 2.75) is 6.30 Å². The number of rotatable bonds is 1. The first-order valence-electron chi connectivity index (χ1n) is 5.09. The molecule has 0 radical (unpaired) electrons. The summed E-state index contributed by atoms with van der Waals surface area (Å²) in [6, 6.07) is 7.23. The Hall–Kier alpha value is -2.24. The van der Waals surface area contributed by atoms with Gasteiger partial charge in [0, 0.05) is 5.56 Å². The van der Waals surface area contributed by atoms with Gasteiger partial charge in [-0.25, -0.2) is 19.6 Å². The van der Waals surface area contributed by atoms with Gasteiger partial charge in [-0.05, 0) is 12.1 Å². The molecular formula is C11H9FN2O3. The molecule has 1 fully saturated rings. The molecule has 0 aromatic heterocycles. The molecule has 0 spiro atoms. The van der Waals surface area contributed by atoms with Crippen LogP contribution in [0.5, 0.6) is 5.75 Å². The van der Waals surface area contributed by atoms with Crippen molar-refractivity contribution in [3.8, 4) is 5.75 Å². The molecule has 2 heterocycles. The Morgan fingerprint density at radius 1 is 1.41 bits per heavy atom. The number of carbonyl (C=O) groups excluding carboxylic acids is 1. The van der Waals surface area contributed by atoms with E-state index in [0.717, 1.165) is 10.5 Å². The molecule has 2 aliphatic heterocycles. The third-order valence-electron chi connectivity index (χ3n) is 2.56. The Morgan fingerprint density at radius 2 is 2.24 bits per heavy atom. The van der Waals surface area contributed by atoms with E-state index in [0.29, 0.717) is 5.75 Å². The zero-order chi connectivity index (χ0) is 11.8. The second-order valence-electron chi connectivity index (χ2n) is 3.65. The lowest BCUT2D eigenvalue weighted by atomic mass is 10.2. The van der Waals surface area contributed by atoms with Crippen LogP contribution in [0.3, 0.4) is 0 Å². The summed E-state index contributed by atoms with van der Waals surface area (Å²) in [7, 11) is 0. The second kappa shape index (κ2) is 3.65. The lowest BCUT2D eigenvalue weighted by molar-refractivity contribution is 0.125. The Bertz CT molecular complexity index is 503. The average molecular weight is 236 g/mol. The van der Waals surface area contributed by atoms with Crippen LogP contribution in [-0.2, 0) is 4.74 Å². The summed E-state index contributed by atoms with van der Waals surface area (Å²) in [5.41, 5.74) is 3.30. The minimum Gasteiger partial charge on any atom is -0.444 e. The number of benzene rings is 1. The van der Waals surface area contributed by atoms with Crippen LogP contribution in [0.4, 0.5) is 9.18 Å². The molecule has 17 heavy (non-hydrogen) atoms. The highest BCUT2D eigenvalue weighted by Crippen LogP contribution is 2.27. The van der Waals surface area contributed by atoms with Crippen molar-refractivity contribution in [3.05, 3.63) is 35.6 Å². The lowest BCUT2D eigenvalue weighted by Crippen LogP contribution is -2.39. The fourth-order valence-electron chi connectivity index (χ4n) is 1.74. The molecule has 1 atom stereocenters. The molecule has 3 rings (SSSR count). The molecule has 1 saturated heterocycles. The number of hydrogen-bond acceptors (Lipinski definition) is 4. The van der Waals surface area contributed by atoms with Crippen LogP contribution in [0.1, 0.15) is 5.56 Å². The third kappa shape index (κ3) is 1.57. The number of halogens is 1. The quantitative estimate of drug-likeness (QED) is 0.753. The second-order valence-corrected chi connectivity index (χ2v) is 3.65. The molecular weight excluding hydrogens is 227 g/mol. The van der Waals surface area contributed by atoms with Crippen LogP contribution in [0.15, 0.2) is 30.1 Å². The predicted molar refractivity (Wildman–Crippen MR) is 56.3 cm³/mol. The number of hydroxylamine groups is 1. The SMILES string of the molecule is O=C1OCC(F)N1C1=Cc2ccccc2ON1. The number of fused-ring (bicyclic) bond motifs is 1. The number of ether oxygens (including phenoxy) is 1. The molecule has 6 heteroatoms. The highest BCUT2D eigenvalue weighted by atomic mass is 19.1. The number of nitrogens with zero attached hydrogens (tertiary/aromatic N) is 1. The molecule has 2 aliphatic rings. The molecule has 0 saturated carbocycles. The fourth-order valence-corrected chi connectivity index (χ4v) is 1.74. The summed E-state index contributed by atoms with van der Waals surface area (Å²) in [4.78, 5) is 17.4. The van der Waals surface area contributed by atoms with Gasteiger partial charge >= 0.3 is 6.09 Å². The van der Waals surface area contributed by atoms with Gasteiger partial charge in [0.1, 0.15) is 12.4 Å². The van der Waals surface area contributed by atoms with Gasteiger partial charge in [-0.3, -0.25) is 0 Å². The largest absolute Gasteiger partial charge is 0.444 e. The molecule has 1 aromatic rings. The van der Waals surface area contributed by atoms with Gasteiger partial charge < -0.3 is 9.57 Å². The molecule has 0 bridgehead atoms. The van der Waals surface area contributed by atoms with E-state index in [4.69, 9.17) is 4.84 Å². The van der Waals surface area contributed by atoms with Crippen molar-refractivity contribution in [1.29, 1.82) is 0 Å². The van der Waals surface area contributed by atoms with Crippen molar-refractivity contribution in [2.24, 2.45) is 0 Å². The van der Waals surface area contributed by atoms with E-state index < -0.39 is 12.4 Å². The minimum atomic E-state index is -1.49. The molecule has 1 N–H and O–H groups in total. The minimum absolute atomic E-state index is 0.235. The lowest BCUT2D eigenvalue weighted by Gasteiger charge is -2.24. The third-order valence-corrected chi connectivity index (χ3v) is 2.56. The van der Waals surface area contributed by atoms with Crippen LogP contribution >= 0.6 is 0 Å². The van der Waals surface area contributed by atoms with E-state index in [1.54, 1.807) is 12.1 Å². The maximum atomic E-state index is 13.4. The molecule has 1 amide bonds. The molecule has 0 aliphatic carbocycles. The maximum absolute atomic E-state index is 13.4. The van der Waals surface area contributed by atoms with Crippen LogP contribution in [-0.4, -0.2) is 23.9 Å². The molecule has 5 nitrogen and oxygen atoms in total. The van der Waals surface area contributed by atoms with E-state index in [1.165, 1.54) is 0 Å². The zero-order valence-corrected chi connectivity index (χ0v) is 8.72. The van der Waals surface area contributed by atoms with Crippen LogP contribution in [0.2, 0.25) is 0 Å². The van der Waals surface area contributed by atoms with Gasteiger partial charge in [-0.1, -0.05) is 18.2 Å². The number of cyclic esters (lactones) is 1. The molecule has 88 valence electrons. The van der Waals surface area contributed by atoms with Gasteiger partial charge in [0.2, 0.25) is 6.30 Å². The van der Waals surface area contributed by atoms with Crippen molar-refractivity contribution in [1.82, 2.24) is 10.4 Å². The Morgan fingerprint density at radius 3 is 3.00 bits per heavy atom. The highest BCUT2D eigenvalue weighted by Gasteiger charge is 2.37. The Labute approximate surface area is 96.4 Å². The topological polar surface area (TPSA) is 50.8 Å². The average Bonchev–Trinajstić information content (AvgIpc) is 2.68. The van der Waals surface area contributed by atoms with Gasteiger partial charge in [0.15, 0.2) is 5.75 Å². The first-order valence-corrected chi connectivity index (χ1v) is 5.09. The first-order chi connectivity index (χ1) is 8.25. The Balaban J connectivity index is 1.96. The van der Waals surface area contributed by atoms with Crippen molar-refractivity contribution < 1.29 is 18.8 Å². The van der Waals surface area contributed by atoms with E-state index in [2.05, 4.69) is 10.2 Å². The monoisotopic (exact) mass is 236 g/mol. The van der Waals surface area contributed by atoms with Gasteiger partial charge in [0.25, 0.3) is 0 Å². The van der Waals surface area contributed by atoms with Crippen molar-refractivity contribution >= 4 is 12.2 Å². The van der Waals surface area contributed by atoms with Crippen molar-refractivity contribution in [2.75, 3.05) is 6.61 Å². The smallest absolute Gasteiger partial charge is 0.418 e. The number of nitrogens with one attached hydrogen (secondary N) is 1. The predicted octanol–water partition coefficient (Wildman–Crippen LogP) is 1.63. The standard InChI is InChI=1S/C11H9FN2O3/c12-9-6-16-11(15)14(9)10-5-7-3-1-2-4-8(7)17-13-10/h1-5,9,13H,6H2. The first kappa shape index (κ1) is 9.95. The van der Waals surface area contributed by atoms with E-state index in [-0.39, 0.29) is 12.4 Å². The summed E-state index contributed by atoms with van der Waals surface area (Å²) in [6.07, 6.45) is -0.577. The van der Waals surface area contributed by atoms with Crippen LogP contribution in [0, 0.1) is 0 Å². The van der Waals surface area contributed by atoms with E-state index in [9.17, 15) is 9.18 Å². The number of amides is 1. The number of hydrogen-bond donors (Lipinski definition) is 1. The van der Waals surface area contributed by atoms with Crippen LogP contribution < -0.4 is 10.3 Å². The highest BCUT2D eigenvalue weighted by molar-refractivity contribution is 5.75. The van der Waals surface area contributed by atoms with Crippen LogP contribution in [0.25, 0.3) is 6.08 Å². The van der Waals surface area contributed by atoms with Gasteiger partial charge in [-0.15, -0.1) is 0 Å². The number of alkyl halides is 1. The van der Waals surface area contributed by atoms with Crippen molar-refractivity contribution in [3.63, 3.8) is 0 Å². The summed E-state index contributed by atoms with van der Waals surface area (Å²) in [5.74, 6) is 0.859. The van der Waals surface area contributed by atoms with E-state index >= 15 is 0 Å². The fraction of sp³-hybridized carbons (Fsp3) is 0.182. The maximum Gasteiger partial charge on any atom is 0.418 e. The van der Waals surface area contributed by atoms with Gasteiger partial charge in [0.05, 0.1) is 0 Å². The number of carbonyl (C=O) groups is 1. The molecule has 1 unspecified atom stereocenters. The summed E-state index contributed by atoms with van der Waals surface area (Å²) in [5, 5.41) is 0. The summed E-state index contributed by atoms with van der Waals surface area (Å²) < 4.78 is 18.0. The van der Waals surface area contributed by atoms with Gasteiger partial charge in [-0.2, -0.15) is 0 Å². The zero-order valence-electron chi connectivity index (χ0n) is 8.72. The summed E-state index contributed by atoms with van der Waals surface area (Å²) in [6.45, 7) is -0.264. The Kier molecular flexibility index (Phi) is 2.14. The summed E-state index contributed by atoms with van der Waals surface area (Å²) >= 11 is 0.